The number of carbonyl (C=O) groups is 2. The number of benzene rings is 2. The van der Waals surface area contributed by atoms with E-state index in [0.29, 0.717) is 23.5 Å². The largest absolute Gasteiger partial charge is 0.483 e. The molecule has 1 heterocycles. The number of carbonyl (C=O) groups excluding carboxylic acids is 2. The molecular weight excluding hydrogens is 362 g/mol. The highest BCUT2D eigenvalue weighted by molar-refractivity contribution is 5.99. The van der Waals surface area contributed by atoms with Gasteiger partial charge in [-0.2, -0.15) is 0 Å². The maximum atomic E-state index is 12.2. The quantitative estimate of drug-likeness (QED) is 0.567. The summed E-state index contributed by atoms with van der Waals surface area (Å²) in [5, 5.41) is 11.5. The molecule has 1 aromatic heterocycles. The van der Waals surface area contributed by atoms with E-state index in [4.69, 9.17) is 9.36 Å². The Balaban J connectivity index is 1.67. The summed E-state index contributed by atoms with van der Waals surface area (Å²) in [5.74, 6) is 0.0998. The number of anilines is 3. The van der Waals surface area contributed by atoms with Crippen LogP contribution in [0, 0.1) is 0 Å². The number of aromatic nitrogens is 2. The van der Waals surface area contributed by atoms with Crippen LogP contribution in [-0.4, -0.2) is 17.4 Å². The van der Waals surface area contributed by atoms with Crippen LogP contribution in [0.4, 0.5) is 26.8 Å². The third kappa shape index (κ3) is 5.07. The Bertz CT molecular complexity index is 855. The van der Waals surface area contributed by atoms with Gasteiger partial charge in [0.25, 0.3) is 5.27 Å². The number of urea groups is 1. The van der Waals surface area contributed by atoms with E-state index in [2.05, 4.69) is 21.2 Å². The van der Waals surface area contributed by atoms with Gasteiger partial charge in [0.05, 0.1) is 0 Å². The average molecular weight is 382 g/mol. The third-order valence-corrected chi connectivity index (χ3v) is 3.63. The number of hydrogen-bond donors (Lipinski definition) is 3. The van der Waals surface area contributed by atoms with Crippen LogP contribution in [-0.2, 0) is 6.42 Å². The lowest BCUT2D eigenvalue weighted by atomic mass is 10.2. The van der Waals surface area contributed by atoms with Gasteiger partial charge in [0.2, 0.25) is 0 Å². The summed E-state index contributed by atoms with van der Waals surface area (Å²) in [6.07, 6.45) is 0.463. The van der Waals surface area contributed by atoms with Gasteiger partial charge in [-0.1, -0.05) is 43.3 Å². The van der Waals surface area contributed by atoms with Crippen molar-refractivity contribution in [1.82, 2.24) is 5.27 Å². The highest BCUT2D eigenvalue weighted by Gasteiger charge is 2.30. The smallest absolute Gasteiger partial charge is 0.308 e. The molecule has 0 bridgehead atoms. The molecule has 0 atom stereocenters. The molecule has 144 valence electrons. The maximum absolute atomic E-state index is 12.2. The second-order valence-electron chi connectivity index (χ2n) is 5.79. The molecule has 0 fully saturated rings. The number of rotatable bonds is 6. The van der Waals surface area contributed by atoms with Gasteiger partial charge in [0, 0.05) is 17.8 Å². The zero-order valence-electron chi connectivity index (χ0n) is 15.2. The van der Waals surface area contributed by atoms with Crippen molar-refractivity contribution < 1.29 is 23.8 Å². The van der Waals surface area contributed by atoms with E-state index in [-0.39, 0.29) is 5.88 Å². The predicted molar refractivity (Wildman–Crippen MR) is 102 cm³/mol. The Morgan fingerprint density at radius 3 is 2.18 bits per heavy atom. The molecule has 0 radical (unpaired) electrons. The highest BCUT2D eigenvalue weighted by Crippen LogP contribution is 2.13. The molecule has 0 saturated heterocycles. The average Bonchev–Trinajstić information content (AvgIpc) is 3.05. The topological polar surface area (TPSA) is 109 Å². The molecule has 0 saturated carbocycles. The first-order valence-electron chi connectivity index (χ1n) is 8.74. The second kappa shape index (κ2) is 9.17. The molecule has 0 spiro atoms. The van der Waals surface area contributed by atoms with Gasteiger partial charge in [0.15, 0.2) is 4.85 Å². The van der Waals surface area contributed by atoms with Crippen LogP contribution in [0.2, 0.25) is 0 Å². The Morgan fingerprint density at radius 1 is 0.964 bits per heavy atom. The second-order valence-corrected chi connectivity index (χ2v) is 5.79. The molecule has 0 aliphatic rings. The van der Waals surface area contributed by atoms with Gasteiger partial charge in [-0.3, -0.25) is 15.2 Å². The standard InChI is InChI=1S/C19H19N5O4/c1-2-9-16-17(22-18(25)20-14-10-5-3-6-11-14)27-23-24(16)28-19(26)21-15-12-7-4-8-13-15/h3-8,10-13H,2,9H2,1H3,(H2-,20,21,22,23,25,26)/p+1. The maximum Gasteiger partial charge on any atom is 0.483 e. The number of nitrogens with one attached hydrogen (secondary N) is 3. The van der Waals surface area contributed by atoms with Gasteiger partial charge in [-0.15, -0.1) is 4.84 Å². The first-order chi connectivity index (χ1) is 13.7. The number of para-hydroxylation sites is 2. The SMILES string of the molecule is CCCc1c(NC(=O)Nc2ccccc2)on[n+]1OC(=O)Nc1ccccc1. The van der Waals surface area contributed by atoms with E-state index >= 15 is 0 Å². The highest BCUT2D eigenvalue weighted by atomic mass is 16.7. The monoisotopic (exact) mass is 382 g/mol. The molecule has 9 heteroatoms. The van der Waals surface area contributed by atoms with Crippen molar-refractivity contribution in [2.75, 3.05) is 16.0 Å². The van der Waals surface area contributed by atoms with E-state index < -0.39 is 12.1 Å². The minimum atomic E-state index is -0.734. The van der Waals surface area contributed by atoms with Crippen LogP contribution in [0.15, 0.2) is 65.2 Å². The molecule has 0 aliphatic heterocycles. The minimum absolute atomic E-state index is 0.0998. The Labute approximate surface area is 161 Å². The van der Waals surface area contributed by atoms with E-state index in [0.717, 1.165) is 11.3 Å². The fourth-order valence-electron chi connectivity index (χ4n) is 2.41. The van der Waals surface area contributed by atoms with Crippen LogP contribution in [0.1, 0.15) is 19.0 Å². The van der Waals surface area contributed by atoms with Crippen molar-refractivity contribution in [2.24, 2.45) is 0 Å². The van der Waals surface area contributed by atoms with Crippen LogP contribution in [0.5, 0.6) is 0 Å². The van der Waals surface area contributed by atoms with Crippen LogP contribution < -0.4 is 25.6 Å². The summed E-state index contributed by atoms with van der Waals surface area (Å²) in [7, 11) is 0. The van der Waals surface area contributed by atoms with Crippen molar-refractivity contribution in [3.8, 4) is 0 Å². The molecule has 0 unspecified atom stereocenters. The third-order valence-electron chi connectivity index (χ3n) is 3.63. The van der Waals surface area contributed by atoms with Gasteiger partial charge in [-0.25, -0.2) is 9.59 Å². The number of amides is 3. The molecule has 3 aromatic rings. The van der Waals surface area contributed by atoms with Crippen molar-refractivity contribution >= 4 is 29.4 Å². The van der Waals surface area contributed by atoms with E-state index in [1.165, 1.54) is 0 Å². The van der Waals surface area contributed by atoms with Gasteiger partial charge >= 0.3 is 23.7 Å². The fraction of sp³-hybridized carbons (Fsp3) is 0.158. The number of nitrogens with zero attached hydrogens (tertiary/aromatic N) is 2. The molecule has 9 nitrogen and oxygen atoms in total. The Kier molecular flexibility index (Phi) is 6.19. The fourth-order valence-corrected chi connectivity index (χ4v) is 2.41. The van der Waals surface area contributed by atoms with Crippen LogP contribution in [0.3, 0.4) is 0 Å². The first-order valence-corrected chi connectivity index (χ1v) is 8.74. The summed E-state index contributed by atoms with van der Waals surface area (Å²) < 4.78 is 5.14. The van der Waals surface area contributed by atoms with Crippen LogP contribution >= 0.6 is 0 Å². The Hall–Kier alpha value is -3.88. The summed E-state index contributed by atoms with van der Waals surface area (Å²) in [6, 6.07) is 17.3. The zero-order chi connectivity index (χ0) is 19.8. The predicted octanol–water partition coefficient (Wildman–Crippen LogP) is 3.22. The summed E-state index contributed by atoms with van der Waals surface area (Å²) in [5.41, 5.74) is 1.63. The van der Waals surface area contributed by atoms with Gasteiger partial charge in [-0.05, 0) is 30.7 Å². The molecule has 28 heavy (non-hydrogen) atoms. The lowest BCUT2D eigenvalue weighted by Gasteiger charge is -2.04. The van der Waals surface area contributed by atoms with Gasteiger partial charge < -0.3 is 5.32 Å². The van der Waals surface area contributed by atoms with E-state index in [1.807, 2.05) is 19.1 Å². The summed E-state index contributed by atoms with van der Waals surface area (Å²) in [6.45, 7) is 1.94. The lowest BCUT2D eigenvalue weighted by Crippen LogP contribution is -2.51. The Morgan fingerprint density at radius 2 is 1.57 bits per heavy atom. The van der Waals surface area contributed by atoms with Crippen molar-refractivity contribution in [1.29, 1.82) is 0 Å². The first kappa shape index (κ1) is 18.9. The van der Waals surface area contributed by atoms with Gasteiger partial charge in [0.1, 0.15) is 0 Å². The summed E-state index contributed by atoms with van der Waals surface area (Å²) >= 11 is 0. The molecule has 3 N–H and O–H groups in total. The normalized spacial score (nSPS) is 10.2. The molecule has 2 aromatic carbocycles. The van der Waals surface area contributed by atoms with Crippen LogP contribution in [0.25, 0.3) is 0 Å². The summed E-state index contributed by atoms with van der Waals surface area (Å²) in [4.78, 5) is 30.4. The molecule has 0 aliphatic carbocycles. The molecular formula is C19H20N5O4+. The zero-order valence-corrected chi connectivity index (χ0v) is 15.2. The van der Waals surface area contributed by atoms with E-state index in [1.54, 1.807) is 48.5 Å². The minimum Gasteiger partial charge on any atom is -0.308 e. The molecule has 3 rings (SSSR count). The van der Waals surface area contributed by atoms with E-state index in [9.17, 15) is 9.59 Å². The lowest BCUT2D eigenvalue weighted by molar-refractivity contribution is -0.923. The van der Waals surface area contributed by atoms with Crippen molar-refractivity contribution in [3.63, 3.8) is 0 Å². The van der Waals surface area contributed by atoms with Crippen molar-refractivity contribution in [2.45, 2.75) is 19.8 Å². The molecule has 3 amide bonds. The number of hydrogen-bond acceptors (Lipinski definition) is 5. The van der Waals surface area contributed by atoms with Crippen molar-refractivity contribution in [3.05, 3.63) is 66.4 Å².